The zero-order chi connectivity index (χ0) is 12.8. The van der Waals surface area contributed by atoms with Crippen molar-refractivity contribution in [2.24, 2.45) is 0 Å². The van der Waals surface area contributed by atoms with E-state index in [9.17, 15) is 0 Å². The predicted octanol–water partition coefficient (Wildman–Crippen LogP) is 2.72. The van der Waals surface area contributed by atoms with E-state index in [4.69, 9.17) is 5.73 Å². The Morgan fingerprint density at radius 2 is 2.06 bits per heavy atom. The number of pyridine rings is 1. The molecule has 1 heterocycles. The summed E-state index contributed by atoms with van der Waals surface area (Å²) in [5, 5.41) is 3.29. The van der Waals surface area contributed by atoms with E-state index in [2.05, 4.69) is 34.6 Å². The average Bonchev–Trinajstić information content (AvgIpc) is 2.42. The van der Waals surface area contributed by atoms with Gasteiger partial charge in [0.15, 0.2) is 0 Å². The Kier molecular flexibility index (Phi) is 4.61. The van der Waals surface area contributed by atoms with Crippen molar-refractivity contribution in [2.45, 2.75) is 10.9 Å². The molecule has 0 aliphatic carbocycles. The highest BCUT2D eigenvalue weighted by atomic mass is 32.2. The summed E-state index contributed by atoms with van der Waals surface area (Å²) in [6.45, 7) is 0. The third kappa shape index (κ3) is 3.24. The molecule has 1 aromatic carbocycles. The van der Waals surface area contributed by atoms with Crippen LogP contribution < -0.4 is 11.1 Å². The number of rotatable bonds is 5. The Labute approximate surface area is 112 Å². The molecular weight excluding hydrogens is 242 g/mol. The molecule has 94 valence electrons. The molecular formula is C14H17N3S. The van der Waals surface area contributed by atoms with E-state index in [0.29, 0.717) is 0 Å². The summed E-state index contributed by atoms with van der Waals surface area (Å²) >= 11 is 1.81. The molecule has 0 aliphatic rings. The number of aromatic nitrogens is 1. The SMILES string of the molecule is CNC(CSc1ccccc1)c1cnccc1N. The number of nitrogens with zero attached hydrogens (tertiary/aromatic N) is 1. The van der Waals surface area contributed by atoms with Crippen molar-refractivity contribution in [3.63, 3.8) is 0 Å². The number of anilines is 1. The first-order valence-corrected chi connectivity index (χ1v) is 6.84. The van der Waals surface area contributed by atoms with Gasteiger partial charge in [0.2, 0.25) is 0 Å². The van der Waals surface area contributed by atoms with Gasteiger partial charge in [0.05, 0.1) is 0 Å². The summed E-state index contributed by atoms with van der Waals surface area (Å²) in [6, 6.07) is 12.4. The van der Waals surface area contributed by atoms with E-state index in [0.717, 1.165) is 17.0 Å². The van der Waals surface area contributed by atoms with Gasteiger partial charge in [-0.15, -0.1) is 11.8 Å². The molecule has 0 bridgehead atoms. The van der Waals surface area contributed by atoms with Crippen LogP contribution in [0.2, 0.25) is 0 Å². The Balaban J connectivity index is 2.04. The molecule has 2 aromatic rings. The van der Waals surface area contributed by atoms with Gasteiger partial charge in [0, 0.05) is 40.3 Å². The lowest BCUT2D eigenvalue weighted by Crippen LogP contribution is -2.20. The summed E-state index contributed by atoms with van der Waals surface area (Å²) < 4.78 is 0. The highest BCUT2D eigenvalue weighted by molar-refractivity contribution is 7.99. The number of benzene rings is 1. The first-order chi connectivity index (χ1) is 8.81. The topological polar surface area (TPSA) is 50.9 Å². The Bertz CT molecular complexity index is 487. The zero-order valence-corrected chi connectivity index (χ0v) is 11.2. The van der Waals surface area contributed by atoms with E-state index < -0.39 is 0 Å². The van der Waals surface area contributed by atoms with Gasteiger partial charge in [0.25, 0.3) is 0 Å². The molecule has 0 spiro atoms. The van der Waals surface area contributed by atoms with E-state index >= 15 is 0 Å². The molecule has 0 radical (unpaired) electrons. The van der Waals surface area contributed by atoms with Crippen molar-refractivity contribution in [1.82, 2.24) is 10.3 Å². The van der Waals surface area contributed by atoms with Gasteiger partial charge in [0.1, 0.15) is 0 Å². The monoisotopic (exact) mass is 259 g/mol. The highest BCUT2D eigenvalue weighted by Gasteiger charge is 2.12. The van der Waals surface area contributed by atoms with E-state index in [1.54, 1.807) is 6.20 Å². The maximum Gasteiger partial charge on any atom is 0.0448 e. The number of nitrogens with one attached hydrogen (secondary N) is 1. The molecule has 0 fully saturated rings. The van der Waals surface area contributed by atoms with Crippen molar-refractivity contribution in [3.05, 3.63) is 54.4 Å². The van der Waals surface area contributed by atoms with Gasteiger partial charge in [-0.05, 0) is 25.2 Å². The Morgan fingerprint density at radius 3 is 2.72 bits per heavy atom. The van der Waals surface area contributed by atoms with Crippen LogP contribution in [0.4, 0.5) is 5.69 Å². The molecule has 1 atom stereocenters. The first-order valence-electron chi connectivity index (χ1n) is 5.85. The van der Waals surface area contributed by atoms with Gasteiger partial charge in [-0.3, -0.25) is 4.98 Å². The van der Waals surface area contributed by atoms with E-state index in [-0.39, 0.29) is 6.04 Å². The minimum Gasteiger partial charge on any atom is -0.398 e. The Morgan fingerprint density at radius 1 is 1.28 bits per heavy atom. The maximum atomic E-state index is 5.98. The van der Waals surface area contributed by atoms with Crippen molar-refractivity contribution in [2.75, 3.05) is 18.5 Å². The van der Waals surface area contributed by atoms with Gasteiger partial charge < -0.3 is 11.1 Å². The standard InChI is InChI=1S/C14H17N3S/c1-16-14(12-9-17-8-7-13(12)15)10-18-11-5-3-2-4-6-11/h2-9,14,16H,10H2,1H3,(H2,15,17). The molecule has 18 heavy (non-hydrogen) atoms. The quantitative estimate of drug-likeness (QED) is 0.811. The maximum absolute atomic E-state index is 5.98. The molecule has 0 aliphatic heterocycles. The third-order valence-corrected chi connectivity index (χ3v) is 3.88. The molecule has 0 saturated heterocycles. The van der Waals surface area contributed by atoms with Crippen LogP contribution in [0.1, 0.15) is 11.6 Å². The molecule has 1 unspecified atom stereocenters. The molecule has 3 nitrogen and oxygen atoms in total. The normalized spacial score (nSPS) is 12.3. The molecule has 3 N–H and O–H groups in total. The summed E-state index contributed by atoms with van der Waals surface area (Å²) in [4.78, 5) is 5.40. The van der Waals surface area contributed by atoms with Crippen LogP contribution in [0, 0.1) is 0 Å². The van der Waals surface area contributed by atoms with E-state index in [1.807, 2.05) is 37.1 Å². The summed E-state index contributed by atoms with van der Waals surface area (Å²) in [5.74, 6) is 0.927. The average molecular weight is 259 g/mol. The Hall–Kier alpha value is -1.52. The number of nitrogen functional groups attached to an aromatic ring is 1. The van der Waals surface area contributed by atoms with E-state index in [1.165, 1.54) is 4.90 Å². The second kappa shape index (κ2) is 6.42. The summed E-state index contributed by atoms with van der Waals surface area (Å²) in [6.07, 6.45) is 3.55. The van der Waals surface area contributed by atoms with Gasteiger partial charge in [-0.1, -0.05) is 18.2 Å². The molecule has 1 aromatic heterocycles. The lowest BCUT2D eigenvalue weighted by molar-refractivity contribution is 0.661. The van der Waals surface area contributed by atoms with Crippen LogP contribution in [0.25, 0.3) is 0 Å². The fourth-order valence-corrected chi connectivity index (χ4v) is 2.79. The molecule has 0 saturated carbocycles. The van der Waals surface area contributed by atoms with Gasteiger partial charge in [-0.25, -0.2) is 0 Å². The fourth-order valence-electron chi connectivity index (χ4n) is 1.73. The van der Waals surface area contributed by atoms with Crippen molar-refractivity contribution in [3.8, 4) is 0 Å². The minimum absolute atomic E-state index is 0.212. The van der Waals surface area contributed by atoms with Crippen LogP contribution in [-0.4, -0.2) is 17.8 Å². The fraction of sp³-hybridized carbons (Fsp3) is 0.214. The van der Waals surface area contributed by atoms with Crippen molar-refractivity contribution >= 4 is 17.4 Å². The van der Waals surface area contributed by atoms with Crippen LogP contribution >= 0.6 is 11.8 Å². The molecule has 4 heteroatoms. The van der Waals surface area contributed by atoms with Crippen LogP contribution in [-0.2, 0) is 0 Å². The predicted molar refractivity (Wildman–Crippen MR) is 77.6 cm³/mol. The smallest absolute Gasteiger partial charge is 0.0448 e. The van der Waals surface area contributed by atoms with Gasteiger partial charge in [-0.2, -0.15) is 0 Å². The second-order valence-corrected chi connectivity index (χ2v) is 5.06. The number of nitrogens with two attached hydrogens (primary N) is 1. The van der Waals surface area contributed by atoms with Crippen LogP contribution in [0.5, 0.6) is 0 Å². The minimum atomic E-state index is 0.212. The third-order valence-electron chi connectivity index (χ3n) is 2.77. The first kappa shape index (κ1) is 12.9. The van der Waals surface area contributed by atoms with Gasteiger partial charge >= 0.3 is 0 Å². The molecule has 2 rings (SSSR count). The number of thioether (sulfide) groups is 1. The summed E-state index contributed by atoms with van der Waals surface area (Å²) in [7, 11) is 1.95. The lowest BCUT2D eigenvalue weighted by atomic mass is 10.1. The lowest BCUT2D eigenvalue weighted by Gasteiger charge is -2.17. The van der Waals surface area contributed by atoms with Crippen LogP contribution in [0.3, 0.4) is 0 Å². The van der Waals surface area contributed by atoms with Crippen molar-refractivity contribution in [1.29, 1.82) is 0 Å². The zero-order valence-electron chi connectivity index (χ0n) is 10.3. The number of hydrogen-bond donors (Lipinski definition) is 2. The van der Waals surface area contributed by atoms with Crippen LogP contribution in [0.15, 0.2) is 53.7 Å². The highest BCUT2D eigenvalue weighted by Crippen LogP contribution is 2.26. The largest absolute Gasteiger partial charge is 0.398 e. The van der Waals surface area contributed by atoms with Crippen molar-refractivity contribution < 1.29 is 0 Å². The summed E-state index contributed by atoms with van der Waals surface area (Å²) in [5.41, 5.74) is 7.83. The second-order valence-electron chi connectivity index (χ2n) is 3.97. The number of hydrogen-bond acceptors (Lipinski definition) is 4. The molecule has 0 amide bonds.